The molecule has 190 valence electrons. The highest BCUT2D eigenvalue weighted by atomic mass is 16.5. The van der Waals surface area contributed by atoms with Crippen LogP contribution in [-0.4, -0.2) is 45.6 Å². The number of hydrogen-bond acceptors (Lipinski definition) is 6. The maximum absolute atomic E-state index is 10.7. The Morgan fingerprint density at radius 2 is 1.67 bits per heavy atom. The summed E-state index contributed by atoms with van der Waals surface area (Å²) in [7, 11) is 0. The lowest BCUT2D eigenvalue weighted by Gasteiger charge is -2.25. The third-order valence-electron chi connectivity index (χ3n) is 5.67. The van der Waals surface area contributed by atoms with Crippen LogP contribution in [0.25, 0.3) is 5.69 Å². The van der Waals surface area contributed by atoms with Gasteiger partial charge < -0.3 is 19.0 Å². The van der Waals surface area contributed by atoms with Gasteiger partial charge in [-0.1, -0.05) is 50.2 Å². The van der Waals surface area contributed by atoms with E-state index in [1.165, 1.54) is 0 Å². The van der Waals surface area contributed by atoms with Gasteiger partial charge in [0.05, 0.1) is 42.5 Å². The molecule has 0 amide bonds. The number of benzene rings is 2. The summed E-state index contributed by atoms with van der Waals surface area (Å²) in [5.74, 6) is 2.62. The fourth-order valence-corrected chi connectivity index (χ4v) is 3.99. The SMILES string of the molecule is Cc1nn(-c2ccccc2)c(Oc2ccccc2)c1CN(Cc1ccco1)C[C@@H](O)COCC(C)C. The first kappa shape index (κ1) is 25.7. The molecule has 0 saturated carbocycles. The van der Waals surface area contributed by atoms with Crippen molar-refractivity contribution in [2.45, 2.75) is 40.0 Å². The molecule has 0 unspecified atom stereocenters. The first-order valence-corrected chi connectivity index (χ1v) is 12.4. The highest BCUT2D eigenvalue weighted by Crippen LogP contribution is 2.32. The molecule has 4 rings (SSSR count). The van der Waals surface area contributed by atoms with Gasteiger partial charge in [0.1, 0.15) is 11.5 Å². The zero-order chi connectivity index (χ0) is 25.3. The minimum Gasteiger partial charge on any atom is -0.468 e. The molecule has 0 aliphatic heterocycles. The van der Waals surface area contributed by atoms with Crippen LogP contribution >= 0.6 is 0 Å². The Labute approximate surface area is 212 Å². The highest BCUT2D eigenvalue weighted by molar-refractivity contribution is 5.43. The Kier molecular flexibility index (Phi) is 8.95. The first-order valence-electron chi connectivity index (χ1n) is 12.4. The number of furan rings is 1. The third-order valence-corrected chi connectivity index (χ3v) is 5.67. The smallest absolute Gasteiger partial charge is 0.227 e. The van der Waals surface area contributed by atoms with Crippen molar-refractivity contribution < 1.29 is 19.0 Å². The van der Waals surface area contributed by atoms with E-state index in [1.54, 1.807) is 6.26 Å². The summed E-state index contributed by atoms with van der Waals surface area (Å²) in [5, 5.41) is 15.6. The van der Waals surface area contributed by atoms with Crippen LogP contribution in [0.4, 0.5) is 0 Å². The summed E-state index contributed by atoms with van der Waals surface area (Å²) in [6.45, 7) is 8.54. The van der Waals surface area contributed by atoms with Gasteiger partial charge in [-0.15, -0.1) is 0 Å². The molecule has 4 aromatic rings. The van der Waals surface area contributed by atoms with Gasteiger partial charge in [0.15, 0.2) is 0 Å². The molecule has 0 radical (unpaired) electrons. The number of para-hydroxylation sites is 2. The second-order valence-electron chi connectivity index (χ2n) is 9.37. The Hall–Kier alpha value is -3.39. The molecular formula is C29H35N3O4. The van der Waals surface area contributed by atoms with E-state index in [-0.39, 0.29) is 6.61 Å². The minimum absolute atomic E-state index is 0.280. The van der Waals surface area contributed by atoms with Crippen LogP contribution in [0, 0.1) is 12.8 Å². The standard InChI is InChI=1S/C29H35N3O4/c1-22(2)20-34-21-25(33)17-31(18-27-15-10-16-35-27)19-28-23(3)30-32(24-11-6-4-7-12-24)29(28)36-26-13-8-5-9-14-26/h4-16,22,25,33H,17-21H2,1-3H3/t25-/m1/s1. The largest absolute Gasteiger partial charge is 0.468 e. The Balaban J connectivity index is 1.63. The number of rotatable bonds is 13. The molecule has 0 bridgehead atoms. The van der Waals surface area contributed by atoms with Crippen molar-refractivity contribution in [1.82, 2.24) is 14.7 Å². The lowest BCUT2D eigenvalue weighted by atomic mass is 10.2. The molecule has 36 heavy (non-hydrogen) atoms. The minimum atomic E-state index is -0.637. The summed E-state index contributed by atoms with van der Waals surface area (Å²) in [6.07, 6.45) is 1.03. The maximum Gasteiger partial charge on any atom is 0.227 e. The highest BCUT2D eigenvalue weighted by Gasteiger charge is 2.23. The van der Waals surface area contributed by atoms with Crippen LogP contribution in [0.1, 0.15) is 30.9 Å². The Morgan fingerprint density at radius 1 is 0.944 bits per heavy atom. The molecule has 2 aromatic heterocycles. The number of aliphatic hydroxyl groups is 1. The van der Waals surface area contributed by atoms with Crippen molar-refractivity contribution in [3.8, 4) is 17.3 Å². The van der Waals surface area contributed by atoms with Crippen LogP contribution in [0.3, 0.4) is 0 Å². The molecule has 1 atom stereocenters. The molecule has 2 heterocycles. The third kappa shape index (κ3) is 7.07. The van der Waals surface area contributed by atoms with E-state index >= 15 is 0 Å². The van der Waals surface area contributed by atoms with Crippen LogP contribution < -0.4 is 4.74 Å². The Bertz CT molecular complexity index is 1170. The monoisotopic (exact) mass is 489 g/mol. The van der Waals surface area contributed by atoms with Crippen molar-refractivity contribution in [2.24, 2.45) is 5.92 Å². The van der Waals surface area contributed by atoms with Gasteiger partial charge in [0.2, 0.25) is 5.88 Å². The van der Waals surface area contributed by atoms with Gasteiger partial charge in [0.25, 0.3) is 0 Å². The van der Waals surface area contributed by atoms with E-state index in [4.69, 9.17) is 19.0 Å². The predicted octanol–water partition coefficient (Wildman–Crippen LogP) is 5.60. The van der Waals surface area contributed by atoms with E-state index in [0.717, 1.165) is 28.5 Å². The van der Waals surface area contributed by atoms with Crippen LogP contribution in [0.5, 0.6) is 11.6 Å². The van der Waals surface area contributed by atoms with Crippen molar-refractivity contribution in [3.05, 3.63) is 96.1 Å². The number of ether oxygens (including phenoxy) is 2. The molecule has 1 N–H and O–H groups in total. The summed E-state index contributed by atoms with van der Waals surface area (Å²) in [6, 6.07) is 23.5. The fraction of sp³-hybridized carbons (Fsp3) is 0.345. The number of aromatic nitrogens is 2. The molecule has 0 spiro atoms. The van der Waals surface area contributed by atoms with Crippen LogP contribution in [0.15, 0.2) is 83.5 Å². The molecule has 2 aromatic carbocycles. The van der Waals surface area contributed by atoms with Crippen molar-refractivity contribution in [2.75, 3.05) is 19.8 Å². The average Bonchev–Trinajstić information content (AvgIpc) is 3.48. The van der Waals surface area contributed by atoms with Gasteiger partial charge in [-0.25, -0.2) is 4.68 Å². The van der Waals surface area contributed by atoms with E-state index in [0.29, 0.717) is 38.0 Å². The van der Waals surface area contributed by atoms with Crippen LogP contribution in [0.2, 0.25) is 0 Å². The normalized spacial score (nSPS) is 12.4. The molecular weight excluding hydrogens is 454 g/mol. The van der Waals surface area contributed by atoms with Crippen molar-refractivity contribution in [3.63, 3.8) is 0 Å². The van der Waals surface area contributed by atoms with Crippen molar-refractivity contribution >= 4 is 0 Å². The van der Waals surface area contributed by atoms with E-state index in [9.17, 15) is 5.11 Å². The van der Waals surface area contributed by atoms with Crippen molar-refractivity contribution in [1.29, 1.82) is 0 Å². The van der Waals surface area contributed by atoms with Gasteiger partial charge in [-0.2, -0.15) is 5.10 Å². The summed E-state index contributed by atoms with van der Waals surface area (Å²) >= 11 is 0. The summed E-state index contributed by atoms with van der Waals surface area (Å²) in [4.78, 5) is 2.14. The second kappa shape index (κ2) is 12.5. The lowest BCUT2D eigenvalue weighted by molar-refractivity contribution is 0.00448. The van der Waals surface area contributed by atoms with Gasteiger partial charge in [-0.05, 0) is 49.2 Å². The number of nitrogens with zero attached hydrogens (tertiary/aromatic N) is 3. The number of aliphatic hydroxyl groups excluding tert-OH is 1. The molecule has 0 saturated heterocycles. The number of hydrogen-bond donors (Lipinski definition) is 1. The second-order valence-corrected chi connectivity index (χ2v) is 9.37. The maximum atomic E-state index is 10.7. The Morgan fingerprint density at radius 3 is 2.33 bits per heavy atom. The topological polar surface area (TPSA) is 72.9 Å². The predicted molar refractivity (Wildman–Crippen MR) is 139 cm³/mol. The quantitative estimate of drug-likeness (QED) is 0.263. The molecule has 7 nitrogen and oxygen atoms in total. The van der Waals surface area contributed by atoms with E-state index in [1.807, 2.05) is 84.4 Å². The molecule has 7 heteroatoms. The van der Waals surface area contributed by atoms with Gasteiger partial charge in [-0.3, -0.25) is 4.90 Å². The zero-order valence-corrected chi connectivity index (χ0v) is 21.2. The fourth-order valence-electron chi connectivity index (χ4n) is 3.99. The van der Waals surface area contributed by atoms with Gasteiger partial charge >= 0.3 is 0 Å². The summed E-state index contributed by atoms with van der Waals surface area (Å²) < 4.78 is 19.6. The average molecular weight is 490 g/mol. The summed E-state index contributed by atoms with van der Waals surface area (Å²) in [5.41, 5.74) is 2.72. The lowest BCUT2D eigenvalue weighted by Crippen LogP contribution is -2.34. The zero-order valence-electron chi connectivity index (χ0n) is 21.2. The molecule has 0 fully saturated rings. The van der Waals surface area contributed by atoms with E-state index < -0.39 is 6.10 Å². The van der Waals surface area contributed by atoms with E-state index in [2.05, 4.69) is 18.7 Å². The van der Waals surface area contributed by atoms with Crippen LogP contribution in [-0.2, 0) is 17.8 Å². The molecule has 0 aliphatic carbocycles. The first-order chi connectivity index (χ1) is 17.5. The molecule has 0 aliphatic rings. The number of aryl methyl sites for hydroxylation is 1. The van der Waals surface area contributed by atoms with Gasteiger partial charge in [0, 0.05) is 19.7 Å².